The second-order valence-corrected chi connectivity index (χ2v) is 6.34. The van der Waals surface area contributed by atoms with Crippen molar-refractivity contribution in [3.05, 3.63) is 36.3 Å². The van der Waals surface area contributed by atoms with Crippen LogP contribution in [0, 0.1) is 0 Å². The van der Waals surface area contributed by atoms with Gasteiger partial charge in [0.05, 0.1) is 26.7 Å². The van der Waals surface area contributed by atoms with Crippen molar-refractivity contribution in [3.8, 4) is 11.5 Å². The van der Waals surface area contributed by atoms with Gasteiger partial charge in [0.15, 0.2) is 16.5 Å². The minimum absolute atomic E-state index is 0.0480. The Bertz CT molecular complexity index is 698. The topological polar surface area (TPSA) is 84.5 Å². The van der Waals surface area contributed by atoms with E-state index >= 15 is 0 Å². The highest BCUT2D eigenvalue weighted by Gasteiger charge is 2.23. The van der Waals surface area contributed by atoms with E-state index in [2.05, 4.69) is 9.97 Å². The fourth-order valence-corrected chi connectivity index (χ4v) is 3.00. The molecule has 2 rings (SSSR count). The van der Waals surface area contributed by atoms with E-state index in [-0.39, 0.29) is 11.6 Å². The summed E-state index contributed by atoms with van der Waals surface area (Å²) in [6.45, 7) is 0.154. The maximum atomic E-state index is 12.3. The smallest absolute Gasteiger partial charge is 0.260 e. The van der Waals surface area contributed by atoms with Gasteiger partial charge in [0.25, 0.3) is 10.0 Å². The monoisotopic (exact) mass is 311 g/mol. The third kappa shape index (κ3) is 3.01. The number of sulfonamides is 1. The van der Waals surface area contributed by atoms with Gasteiger partial charge in [-0.1, -0.05) is 12.1 Å². The van der Waals surface area contributed by atoms with Crippen LogP contribution in [-0.4, -0.2) is 44.0 Å². The summed E-state index contributed by atoms with van der Waals surface area (Å²) < 4.78 is 36.4. The first-order valence-corrected chi connectivity index (χ1v) is 7.59. The molecule has 1 heterocycles. The molecule has 7 nitrogen and oxygen atoms in total. The first kappa shape index (κ1) is 15.3. The molecule has 0 radical (unpaired) electrons. The highest BCUT2D eigenvalue weighted by molar-refractivity contribution is 7.89. The van der Waals surface area contributed by atoms with Gasteiger partial charge in [-0.15, -0.1) is 0 Å². The predicted molar refractivity (Wildman–Crippen MR) is 76.8 cm³/mol. The van der Waals surface area contributed by atoms with Gasteiger partial charge in [0, 0.05) is 19.2 Å². The van der Waals surface area contributed by atoms with E-state index in [0.717, 1.165) is 0 Å². The Morgan fingerprint density at radius 3 is 2.62 bits per heavy atom. The fourth-order valence-electron chi connectivity index (χ4n) is 1.96. The molecule has 0 unspecified atom stereocenters. The van der Waals surface area contributed by atoms with Gasteiger partial charge in [-0.2, -0.15) is 4.31 Å². The number of methoxy groups -OCH3 is 2. The zero-order valence-corrected chi connectivity index (χ0v) is 12.8. The Labute approximate surface area is 123 Å². The number of benzene rings is 1. The van der Waals surface area contributed by atoms with Gasteiger partial charge in [-0.3, -0.25) is 0 Å². The first-order chi connectivity index (χ1) is 10.0. The normalized spacial score (nSPS) is 11.6. The second kappa shape index (κ2) is 6.15. The number of imidazole rings is 1. The molecule has 0 aliphatic carbocycles. The third-order valence-corrected chi connectivity index (χ3v) is 4.77. The van der Waals surface area contributed by atoms with E-state index < -0.39 is 10.0 Å². The molecule has 8 heteroatoms. The molecule has 0 bridgehead atoms. The lowest BCUT2D eigenvalue weighted by Crippen LogP contribution is -2.27. The van der Waals surface area contributed by atoms with Crippen molar-refractivity contribution in [2.75, 3.05) is 21.3 Å². The molecule has 0 saturated heterocycles. The van der Waals surface area contributed by atoms with Crippen molar-refractivity contribution in [3.63, 3.8) is 0 Å². The minimum Gasteiger partial charge on any atom is -0.493 e. The van der Waals surface area contributed by atoms with Gasteiger partial charge in [0.1, 0.15) is 0 Å². The standard InChI is InChI=1S/C13H17N3O4S/c1-16(21(17,18)12-7-14-9-15-12)8-10-5-4-6-11(19-2)13(10)20-3/h4-7,9H,8H2,1-3H3,(H,14,15). The summed E-state index contributed by atoms with van der Waals surface area (Å²) >= 11 is 0. The lowest BCUT2D eigenvalue weighted by Gasteiger charge is -2.18. The van der Waals surface area contributed by atoms with Gasteiger partial charge < -0.3 is 14.5 Å². The number of aromatic nitrogens is 2. The molecule has 114 valence electrons. The van der Waals surface area contributed by atoms with E-state index in [1.54, 1.807) is 18.2 Å². The molecular formula is C13H17N3O4S. The maximum Gasteiger partial charge on any atom is 0.260 e. The lowest BCUT2D eigenvalue weighted by atomic mass is 10.2. The van der Waals surface area contributed by atoms with Gasteiger partial charge >= 0.3 is 0 Å². The van der Waals surface area contributed by atoms with Crippen LogP contribution in [0.2, 0.25) is 0 Å². The van der Waals surface area contributed by atoms with E-state index in [1.165, 1.54) is 38.1 Å². The summed E-state index contributed by atoms with van der Waals surface area (Å²) in [6, 6.07) is 5.33. The average Bonchev–Trinajstić information content (AvgIpc) is 3.01. The van der Waals surface area contributed by atoms with Crippen LogP contribution in [0.5, 0.6) is 11.5 Å². The molecule has 0 amide bonds. The van der Waals surface area contributed by atoms with E-state index in [4.69, 9.17) is 9.47 Å². The zero-order valence-electron chi connectivity index (χ0n) is 12.0. The highest BCUT2D eigenvalue weighted by atomic mass is 32.2. The van der Waals surface area contributed by atoms with Crippen LogP contribution < -0.4 is 9.47 Å². The maximum absolute atomic E-state index is 12.3. The Morgan fingerprint density at radius 1 is 1.29 bits per heavy atom. The Morgan fingerprint density at radius 2 is 2.05 bits per heavy atom. The van der Waals surface area contributed by atoms with Crippen LogP contribution in [0.1, 0.15) is 5.56 Å². The van der Waals surface area contributed by atoms with Gasteiger partial charge in [-0.25, -0.2) is 13.4 Å². The number of para-hydroxylation sites is 1. The molecule has 1 aromatic carbocycles. The van der Waals surface area contributed by atoms with Crippen molar-refractivity contribution in [1.29, 1.82) is 0 Å². The van der Waals surface area contributed by atoms with Crippen molar-refractivity contribution >= 4 is 10.0 Å². The number of aromatic amines is 1. The second-order valence-electron chi connectivity index (χ2n) is 4.33. The van der Waals surface area contributed by atoms with Crippen molar-refractivity contribution in [2.24, 2.45) is 0 Å². The van der Waals surface area contributed by atoms with Crippen LogP contribution in [0.3, 0.4) is 0 Å². The van der Waals surface area contributed by atoms with Crippen LogP contribution in [-0.2, 0) is 16.6 Å². The van der Waals surface area contributed by atoms with E-state index in [9.17, 15) is 8.42 Å². The molecular weight excluding hydrogens is 294 g/mol. The lowest BCUT2D eigenvalue weighted by molar-refractivity contribution is 0.347. The number of ether oxygens (including phenoxy) is 2. The van der Waals surface area contributed by atoms with Crippen molar-refractivity contribution < 1.29 is 17.9 Å². The van der Waals surface area contributed by atoms with Gasteiger partial charge in [-0.05, 0) is 6.07 Å². The molecule has 0 saturated carbocycles. The summed E-state index contributed by atoms with van der Waals surface area (Å²) in [6.07, 6.45) is 2.60. The zero-order chi connectivity index (χ0) is 15.5. The van der Waals surface area contributed by atoms with Crippen LogP contribution in [0.15, 0.2) is 35.7 Å². The number of nitrogens with zero attached hydrogens (tertiary/aromatic N) is 2. The molecule has 1 aromatic heterocycles. The number of nitrogens with one attached hydrogen (secondary N) is 1. The molecule has 0 aliphatic heterocycles. The number of hydrogen-bond donors (Lipinski definition) is 1. The number of hydrogen-bond acceptors (Lipinski definition) is 5. The third-order valence-electron chi connectivity index (χ3n) is 3.04. The van der Waals surface area contributed by atoms with Crippen LogP contribution >= 0.6 is 0 Å². The quantitative estimate of drug-likeness (QED) is 0.868. The first-order valence-electron chi connectivity index (χ1n) is 6.15. The highest BCUT2D eigenvalue weighted by Crippen LogP contribution is 2.32. The Kier molecular flexibility index (Phi) is 4.49. The van der Waals surface area contributed by atoms with E-state index in [0.29, 0.717) is 17.1 Å². The fraction of sp³-hybridized carbons (Fsp3) is 0.308. The summed E-state index contributed by atoms with van der Waals surface area (Å²) in [5.41, 5.74) is 0.711. The summed E-state index contributed by atoms with van der Waals surface area (Å²) in [5, 5.41) is 0.0480. The van der Waals surface area contributed by atoms with Gasteiger partial charge in [0.2, 0.25) is 0 Å². The Hall–Kier alpha value is -2.06. The molecule has 21 heavy (non-hydrogen) atoms. The Balaban J connectivity index is 2.30. The summed E-state index contributed by atoms with van der Waals surface area (Å²) in [7, 11) is 0.929. The summed E-state index contributed by atoms with van der Waals surface area (Å²) in [4.78, 5) is 6.33. The molecule has 0 atom stereocenters. The molecule has 0 spiro atoms. The van der Waals surface area contributed by atoms with Crippen LogP contribution in [0.4, 0.5) is 0 Å². The molecule has 0 aliphatic rings. The van der Waals surface area contributed by atoms with Crippen molar-refractivity contribution in [1.82, 2.24) is 14.3 Å². The number of rotatable bonds is 6. The SMILES string of the molecule is COc1cccc(CN(C)S(=O)(=O)c2cnc[nH]2)c1OC. The largest absolute Gasteiger partial charge is 0.493 e. The molecule has 0 fully saturated rings. The van der Waals surface area contributed by atoms with Crippen molar-refractivity contribution in [2.45, 2.75) is 11.6 Å². The van der Waals surface area contributed by atoms with E-state index in [1.807, 2.05) is 0 Å². The molecule has 2 aromatic rings. The van der Waals surface area contributed by atoms with Crippen LogP contribution in [0.25, 0.3) is 0 Å². The average molecular weight is 311 g/mol. The summed E-state index contributed by atoms with van der Waals surface area (Å²) in [5.74, 6) is 1.08. The number of H-pyrrole nitrogens is 1. The minimum atomic E-state index is -3.62. The predicted octanol–water partition coefficient (Wildman–Crippen LogP) is 1.25. The molecule has 1 N–H and O–H groups in total.